The highest BCUT2D eigenvalue weighted by molar-refractivity contribution is 5.88. The van der Waals surface area contributed by atoms with Gasteiger partial charge in [-0.25, -0.2) is 4.79 Å². The van der Waals surface area contributed by atoms with Crippen molar-refractivity contribution in [1.82, 2.24) is 19.9 Å². The number of hydrogen-bond acceptors (Lipinski definition) is 7. The molecule has 0 spiro atoms. The molecule has 1 aromatic heterocycles. The lowest BCUT2D eigenvalue weighted by Crippen LogP contribution is -2.41. The molecule has 1 aromatic carbocycles. The van der Waals surface area contributed by atoms with E-state index in [0.717, 1.165) is 19.6 Å². The third kappa shape index (κ3) is 3.48. The lowest BCUT2D eigenvalue weighted by molar-refractivity contribution is 0.0697. The Morgan fingerprint density at radius 2 is 1.92 bits per heavy atom. The highest BCUT2D eigenvalue weighted by atomic mass is 16.5. The van der Waals surface area contributed by atoms with E-state index in [9.17, 15) is 9.90 Å². The van der Waals surface area contributed by atoms with Gasteiger partial charge < -0.3 is 14.7 Å². The summed E-state index contributed by atoms with van der Waals surface area (Å²) < 4.78 is 5.34. The van der Waals surface area contributed by atoms with Gasteiger partial charge in [0.1, 0.15) is 0 Å². The van der Waals surface area contributed by atoms with Gasteiger partial charge in [0.05, 0.1) is 18.2 Å². The normalized spacial score (nSPS) is 24.3. The van der Waals surface area contributed by atoms with Crippen molar-refractivity contribution in [3.63, 3.8) is 0 Å². The largest absolute Gasteiger partial charge is 0.478 e. The Labute approximate surface area is 151 Å². The first-order valence-corrected chi connectivity index (χ1v) is 8.91. The predicted octanol–water partition coefficient (Wildman–Crippen LogP) is 1.08. The van der Waals surface area contributed by atoms with Crippen LogP contribution in [0.4, 0.5) is 0 Å². The number of benzene rings is 1. The number of aliphatic hydroxyl groups is 1. The molecule has 0 radical (unpaired) electrons. The number of β-amino-alcohol motifs (C(OH)–C–C–N with tert-alkyl or cyclic N) is 1. The number of likely N-dealkylation sites (tertiary alicyclic amines) is 2. The molecule has 2 aliphatic rings. The Morgan fingerprint density at radius 3 is 2.62 bits per heavy atom. The fourth-order valence-electron chi connectivity index (χ4n) is 3.80. The highest BCUT2D eigenvalue weighted by Gasteiger charge is 2.36. The van der Waals surface area contributed by atoms with E-state index in [2.05, 4.69) is 19.9 Å². The zero-order chi connectivity index (χ0) is 18.1. The van der Waals surface area contributed by atoms with Crippen molar-refractivity contribution < 1.29 is 19.5 Å². The Bertz CT molecular complexity index is 770. The maximum atomic E-state index is 10.9. The number of carboxylic acid groups (broad SMARTS) is 1. The lowest BCUT2D eigenvalue weighted by Gasteiger charge is -2.25. The first-order valence-electron chi connectivity index (χ1n) is 8.91. The third-order valence-corrected chi connectivity index (χ3v) is 5.16. The number of carbonyl (C=O) groups is 1. The van der Waals surface area contributed by atoms with Crippen molar-refractivity contribution in [1.29, 1.82) is 0 Å². The van der Waals surface area contributed by atoms with Crippen LogP contribution in [0.2, 0.25) is 0 Å². The monoisotopic (exact) mass is 358 g/mol. The number of aromatic nitrogens is 2. The summed E-state index contributed by atoms with van der Waals surface area (Å²) in [6.45, 7) is 4.03. The first-order chi connectivity index (χ1) is 12.6. The topological polar surface area (TPSA) is 103 Å². The minimum absolute atomic E-state index is 0.184. The molecule has 0 saturated carbocycles. The van der Waals surface area contributed by atoms with Crippen LogP contribution in [-0.2, 0) is 6.54 Å². The van der Waals surface area contributed by atoms with Crippen LogP contribution in [0.3, 0.4) is 0 Å². The van der Waals surface area contributed by atoms with Crippen molar-refractivity contribution in [3.8, 4) is 11.4 Å². The van der Waals surface area contributed by atoms with Gasteiger partial charge in [-0.15, -0.1) is 0 Å². The van der Waals surface area contributed by atoms with E-state index >= 15 is 0 Å². The van der Waals surface area contributed by atoms with Gasteiger partial charge in [-0.3, -0.25) is 9.80 Å². The van der Waals surface area contributed by atoms with Gasteiger partial charge in [-0.2, -0.15) is 4.98 Å². The van der Waals surface area contributed by atoms with Gasteiger partial charge in [0.2, 0.25) is 11.7 Å². The average molecular weight is 358 g/mol. The highest BCUT2D eigenvalue weighted by Crippen LogP contribution is 2.23. The number of rotatable bonds is 5. The van der Waals surface area contributed by atoms with E-state index in [1.165, 1.54) is 25.0 Å². The van der Waals surface area contributed by atoms with Crippen LogP contribution < -0.4 is 0 Å². The number of nitrogens with zero attached hydrogens (tertiary/aromatic N) is 4. The molecule has 0 unspecified atom stereocenters. The summed E-state index contributed by atoms with van der Waals surface area (Å²) in [4.78, 5) is 19.8. The van der Waals surface area contributed by atoms with E-state index in [0.29, 0.717) is 30.4 Å². The molecule has 2 aliphatic heterocycles. The van der Waals surface area contributed by atoms with Crippen LogP contribution in [0.15, 0.2) is 28.8 Å². The zero-order valence-corrected chi connectivity index (χ0v) is 14.4. The fraction of sp³-hybridized carbons (Fsp3) is 0.500. The maximum absolute atomic E-state index is 10.9. The minimum Gasteiger partial charge on any atom is -0.478 e. The molecule has 0 amide bonds. The summed E-state index contributed by atoms with van der Waals surface area (Å²) in [6.07, 6.45) is 2.06. The zero-order valence-electron chi connectivity index (χ0n) is 14.4. The maximum Gasteiger partial charge on any atom is 0.335 e. The second kappa shape index (κ2) is 7.14. The van der Waals surface area contributed by atoms with Gasteiger partial charge in [0, 0.05) is 24.7 Å². The molecule has 26 heavy (non-hydrogen) atoms. The van der Waals surface area contributed by atoms with Crippen molar-refractivity contribution in [2.45, 2.75) is 31.5 Å². The SMILES string of the molecule is O=C(O)c1ccc(-c2noc(CN3C[C@H](O)[C@@H](N4CCCC4)C3)n2)cc1. The molecule has 0 aliphatic carbocycles. The fourth-order valence-corrected chi connectivity index (χ4v) is 3.80. The van der Waals surface area contributed by atoms with Gasteiger partial charge in [0.25, 0.3) is 0 Å². The van der Waals surface area contributed by atoms with E-state index in [4.69, 9.17) is 9.63 Å². The molecule has 138 valence electrons. The van der Waals surface area contributed by atoms with E-state index < -0.39 is 5.97 Å². The summed E-state index contributed by atoms with van der Waals surface area (Å²) in [7, 11) is 0. The molecular formula is C18H22N4O4. The van der Waals surface area contributed by atoms with Gasteiger partial charge in [-0.1, -0.05) is 17.3 Å². The molecule has 8 heteroatoms. The van der Waals surface area contributed by atoms with Gasteiger partial charge in [-0.05, 0) is 38.1 Å². The summed E-state index contributed by atoms with van der Waals surface area (Å²) in [5, 5.41) is 23.3. The molecule has 8 nitrogen and oxygen atoms in total. The smallest absolute Gasteiger partial charge is 0.335 e. The van der Waals surface area contributed by atoms with Crippen LogP contribution in [0.25, 0.3) is 11.4 Å². The number of carboxylic acids is 1. The van der Waals surface area contributed by atoms with Crippen LogP contribution in [0, 0.1) is 0 Å². The molecule has 2 atom stereocenters. The third-order valence-electron chi connectivity index (χ3n) is 5.16. The molecule has 2 saturated heterocycles. The summed E-state index contributed by atoms with van der Waals surface area (Å²) >= 11 is 0. The summed E-state index contributed by atoms with van der Waals surface area (Å²) in [5.74, 6) is -0.0325. The second-order valence-electron chi connectivity index (χ2n) is 6.97. The molecule has 0 bridgehead atoms. The summed E-state index contributed by atoms with van der Waals surface area (Å²) in [5.41, 5.74) is 0.929. The minimum atomic E-state index is -0.967. The molecule has 3 heterocycles. The molecule has 2 aromatic rings. The quantitative estimate of drug-likeness (QED) is 0.818. The molecule has 2 fully saturated rings. The van der Waals surface area contributed by atoms with E-state index in [1.807, 2.05) is 0 Å². The molecule has 2 N–H and O–H groups in total. The second-order valence-corrected chi connectivity index (χ2v) is 6.97. The Balaban J connectivity index is 1.40. The lowest BCUT2D eigenvalue weighted by atomic mass is 10.1. The Kier molecular flexibility index (Phi) is 4.71. The summed E-state index contributed by atoms with van der Waals surface area (Å²) in [6, 6.07) is 6.56. The van der Waals surface area contributed by atoms with E-state index in [-0.39, 0.29) is 17.7 Å². The van der Waals surface area contributed by atoms with Crippen LogP contribution in [0.5, 0.6) is 0 Å². The van der Waals surface area contributed by atoms with Crippen molar-refractivity contribution in [2.75, 3.05) is 26.2 Å². The van der Waals surface area contributed by atoms with E-state index in [1.54, 1.807) is 12.1 Å². The number of hydrogen-bond donors (Lipinski definition) is 2. The van der Waals surface area contributed by atoms with Crippen molar-refractivity contribution in [3.05, 3.63) is 35.7 Å². The van der Waals surface area contributed by atoms with Crippen molar-refractivity contribution >= 4 is 5.97 Å². The first kappa shape index (κ1) is 17.1. The predicted molar refractivity (Wildman–Crippen MR) is 92.6 cm³/mol. The van der Waals surface area contributed by atoms with Gasteiger partial charge in [0.15, 0.2) is 0 Å². The van der Waals surface area contributed by atoms with Crippen LogP contribution in [-0.4, -0.2) is 74.4 Å². The Hall–Kier alpha value is -2.29. The molecular weight excluding hydrogens is 336 g/mol. The molecule has 4 rings (SSSR count). The van der Waals surface area contributed by atoms with Crippen LogP contribution in [0.1, 0.15) is 29.1 Å². The Morgan fingerprint density at radius 1 is 1.19 bits per heavy atom. The number of aliphatic hydroxyl groups excluding tert-OH is 1. The number of aromatic carboxylic acids is 1. The van der Waals surface area contributed by atoms with Crippen LogP contribution >= 0.6 is 0 Å². The van der Waals surface area contributed by atoms with Gasteiger partial charge >= 0.3 is 5.97 Å². The van der Waals surface area contributed by atoms with Crippen molar-refractivity contribution in [2.24, 2.45) is 0 Å². The standard InChI is InChI=1S/C18H22N4O4/c23-15-10-21(9-14(15)22-7-1-2-8-22)11-16-19-17(20-26-16)12-3-5-13(6-4-12)18(24)25/h3-6,14-15,23H,1-2,7-11H2,(H,24,25)/t14-,15-/m0/s1. The average Bonchev–Trinajstić information content (AvgIpc) is 3.36.